The fraction of sp³-hybridized carbons (Fsp3) is 0.667. The van der Waals surface area contributed by atoms with Gasteiger partial charge in [-0.05, 0) is 13.0 Å². The molecule has 0 bridgehead atoms. The quantitative estimate of drug-likeness (QED) is 0.319. The summed E-state index contributed by atoms with van der Waals surface area (Å²) in [6.45, 7) is 2.07. The molecule has 0 aliphatic carbocycles. The molecule has 0 aromatic rings. The minimum atomic E-state index is 1.26. The smallest absolute Gasteiger partial charge is 0.112 e. The number of rotatable bonds is 1. The Morgan fingerprint density at radius 2 is 2.60 bits per heavy atom. The molecule has 0 unspecified atom stereocenters. The molecule has 0 fully saturated rings. The van der Waals surface area contributed by atoms with Gasteiger partial charge in [-0.15, -0.1) is 8.20 Å². The fourth-order valence-corrected chi connectivity index (χ4v) is 0.548. The Morgan fingerprint density at radius 1 is 2.00 bits per heavy atom. The van der Waals surface area contributed by atoms with Crippen molar-refractivity contribution in [3.63, 3.8) is 0 Å². The summed E-state index contributed by atoms with van der Waals surface area (Å²) in [6.07, 6.45) is 0. The lowest BCUT2D eigenvalue weighted by Crippen LogP contribution is -1.59. The average Bonchev–Trinajstić information content (AvgIpc) is 1.41. The highest BCUT2D eigenvalue weighted by Crippen LogP contribution is 1.83. The largest absolute Gasteiger partial charge is 0.118 e. The minimum Gasteiger partial charge on any atom is -0.118 e. The second kappa shape index (κ2) is 4.23. The molecular weight excluding hydrogens is 77.8 g/mol. The first-order valence-electron chi connectivity index (χ1n) is 1.86. The van der Waals surface area contributed by atoms with Crippen molar-refractivity contribution in [3.05, 3.63) is 0 Å². The Balaban J connectivity index is 2.62. The minimum absolute atomic E-state index is 1.26. The molecule has 0 aliphatic rings. The summed E-state index contributed by atoms with van der Waals surface area (Å²) in [5, 5.41) is 0. The Kier molecular flexibility index (Phi) is 4.43. The summed E-state index contributed by atoms with van der Waals surface area (Å²) >= 11 is 0. The van der Waals surface area contributed by atoms with Gasteiger partial charge >= 0.3 is 0 Å². The lowest BCUT2D eigenvalue weighted by Gasteiger charge is -1.63. The first-order valence-corrected chi connectivity index (χ1v) is 3.01. The maximum absolute atomic E-state index is 2.17. The Morgan fingerprint density at radius 3 is 2.60 bits per heavy atom. The van der Waals surface area contributed by atoms with Gasteiger partial charge in [0.05, 0.1) is 0 Å². The van der Waals surface area contributed by atoms with Gasteiger partial charge in [0, 0.05) is 0 Å². The van der Waals surface area contributed by atoms with Crippen LogP contribution >= 0.6 is 8.20 Å². The van der Waals surface area contributed by atoms with E-state index in [1.807, 2.05) is 0 Å². The third-order valence-electron chi connectivity index (χ3n) is 0.365. The lowest BCUT2D eigenvalue weighted by atomic mass is 10.2. The zero-order valence-corrected chi connectivity index (χ0v) is 4.63. The van der Waals surface area contributed by atoms with E-state index in [0.29, 0.717) is 0 Å². The van der Waals surface area contributed by atoms with E-state index < -0.39 is 0 Å². The molecule has 0 N–H and O–H groups in total. The van der Waals surface area contributed by atoms with Crippen LogP contribution in [0.1, 0.15) is 6.92 Å². The topological polar surface area (TPSA) is 0 Å². The van der Waals surface area contributed by atoms with Crippen molar-refractivity contribution in [1.29, 1.82) is 0 Å². The van der Waals surface area contributed by atoms with Crippen LogP contribution < -0.4 is 0 Å². The maximum atomic E-state index is 2.17. The molecule has 0 aromatic carbocycles. The highest BCUT2D eigenvalue weighted by molar-refractivity contribution is 7.40. The molecule has 0 saturated heterocycles. The highest BCUT2D eigenvalue weighted by atomic mass is 31.1. The van der Waals surface area contributed by atoms with Crippen molar-refractivity contribution in [3.8, 4) is 0 Å². The average molecular weight is 85.9 g/mol. The molecule has 28 valence electrons. The molecule has 5 heavy (non-hydrogen) atoms. The second-order valence-corrected chi connectivity index (χ2v) is 2.27. The van der Waals surface area contributed by atoms with Crippen LogP contribution in [0.3, 0.4) is 0 Å². The number of hydrogen-bond donors (Lipinski definition) is 0. The van der Waals surface area contributed by atoms with E-state index in [1.165, 1.54) is 14.3 Å². The van der Waals surface area contributed by atoms with Crippen LogP contribution in [0.15, 0.2) is 0 Å². The molecule has 0 aliphatic heterocycles. The maximum Gasteiger partial charge on any atom is 0.112 e. The Hall–Kier alpha value is 0.235. The summed E-state index contributed by atoms with van der Waals surface area (Å²) in [7, 11) is 3.62. The fourth-order valence-electron chi connectivity index (χ4n) is 0.183. The molecule has 0 saturated carbocycles. The van der Waals surface area contributed by atoms with E-state index >= 15 is 0 Å². The predicted molar refractivity (Wildman–Crippen MR) is 32.1 cm³/mol. The van der Waals surface area contributed by atoms with E-state index in [4.69, 9.17) is 0 Å². The normalized spacial score (nSPS) is 9.80. The van der Waals surface area contributed by atoms with Gasteiger partial charge in [-0.2, -0.15) is 0 Å². The predicted octanol–water partition coefficient (Wildman–Crippen LogP) is 0.345. The van der Waals surface area contributed by atoms with Gasteiger partial charge in [0.25, 0.3) is 0 Å². The zero-order chi connectivity index (χ0) is 4.12. The monoisotopic (exact) mass is 86.0 g/mol. The lowest BCUT2D eigenvalue weighted by molar-refractivity contribution is 2.12. The van der Waals surface area contributed by atoms with Crippen molar-refractivity contribution in [2.75, 3.05) is 6.06 Å². The van der Waals surface area contributed by atoms with E-state index in [9.17, 15) is 0 Å². The molecular formula is C3H8BP. The highest BCUT2D eigenvalue weighted by Gasteiger charge is 1.54. The van der Waals surface area contributed by atoms with Gasteiger partial charge in [-0.25, -0.2) is 0 Å². The summed E-state index contributed by atoms with van der Waals surface area (Å²) in [5.41, 5.74) is 0. The molecule has 0 spiro atoms. The Labute approximate surface area is 35.8 Å². The van der Waals surface area contributed by atoms with E-state index in [2.05, 4.69) is 20.6 Å². The van der Waals surface area contributed by atoms with Gasteiger partial charge in [-0.1, -0.05) is 5.80 Å². The summed E-state index contributed by atoms with van der Waals surface area (Å²) in [4.78, 5) is 0. The van der Waals surface area contributed by atoms with Crippen molar-refractivity contribution < 1.29 is 0 Å². The first kappa shape index (κ1) is 5.23. The van der Waals surface area contributed by atoms with E-state index in [1.54, 1.807) is 0 Å². The van der Waals surface area contributed by atoms with Crippen LogP contribution in [0.2, 0.25) is 0 Å². The van der Waals surface area contributed by atoms with Crippen LogP contribution in [0.5, 0.6) is 0 Å². The van der Waals surface area contributed by atoms with E-state index in [-0.39, 0.29) is 0 Å². The van der Waals surface area contributed by atoms with Crippen LogP contribution in [0.4, 0.5) is 0 Å². The van der Waals surface area contributed by atoms with Crippen molar-refractivity contribution >= 4 is 21.8 Å². The number of hydrogen-bond acceptors (Lipinski definition) is 0. The van der Waals surface area contributed by atoms with E-state index in [0.717, 1.165) is 0 Å². The Bertz CT molecular complexity index is 33.9. The van der Waals surface area contributed by atoms with Crippen LogP contribution in [-0.2, 0) is 0 Å². The molecule has 2 heteroatoms. The second-order valence-electron chi connectivity index (χ2n) is 0.757. The molecule has 0 radical (unpaired) electrons. The first-order chi connectivity index (χ1) is 2.41. The summed E-state index contributed by atoms with van der Waals surface area (Å²) in [6, 6.07) is 1.26. The molecule has 0 atom stereocenters. The van der Waals surface area contributed by atoms with Crippen molar-refractivity contribution in [1.82, 2.24) is 0 Å². The molecule has 0 rings (SSSR count). The molecule has 0 amide bonds. The standard InChI is InChI=1S/C3H8BP/c1-2-5-3-4/h2H,3-4H2,1H3. The van der Waals surface area contributed by atoms with Crippen molar-refractivity contribution in [2.24, 2.45) is 0 Å². The van der Waals surface area contributed by atoms with Gasteiger partial charge < -0.3 is 0 Å². The van der Waals surface area contributed by atoms with Gasteiger partial charge in [0.2, 0.25) is 0 Å². The van der Waals surface area contributed by atoms with Gasteiger partial charge in [0.15, 0.2) is 0 Å². The van der Waals surface area contributed by atoms with Crippen LogP contribution in [-0.4, -0.2) is 19.7 Å². The summed E-state index contributed by atoms with van der Waals surface area (Å²) in [5.74, 6) is 2.15. The third-order valence-corrected chi connectivity index (χ3v) is 1.10. The summed E-state index contributed by atoms with van der Waals surface area (Å²) < 4.78 is 0. The van der Waals surface area contributed by atoms with Crippen LogP contribution in [0, 0.1) is 0 Å². The molecule has 0 heterocycles. The molecule has 0 aromatic heterocycles. The SMILES string of the molecule is BC/P=C/C. The van der Waals surface area contributed by atoms with Crippen LogP contribution in [0.25, 0.3) is 0 Å². The molecule has 0 nitrogen and oxygen atoms in total. The van der Waals surface area contributed by atoms with Gasteiger partial charge in [0.1, 0.15) is 7.85 Å². The zero-order valence-electron chi connectivity index (χ0n) is 3.73. The van der Waals surface area contributed by atoms with Gasteiger partial charge in [-0.3, -0.25) is 0 Å². The third kappa shape index (κ3) is 4.23. The van der Waals surface area contributed by atoms with Crippen molar-refractivity contribution in [2.45, 2.75) is 6.92 Å².